The molecule has 0 aromatic heterocycles. The van der Waals surface area contributed by atoms with Crippen LogP contribution in [0.4, 0.5) is 0 Å². The van der Waals surface area contributed by atoms with Gasteiger partial charge in [0.1, 0.15) is 0 Å². The fourth-order valence-corrected chi connectivity index (χ4v) is 2.33. The normalized spacial score (nSPS) is 28.0. The molecule has 1 rings (SSSR count). The fraction of sp³-hybridized carbons (Fsp3) is 0.917. The van der Waals surface area contributed by atoms with E-state index in [-0.39, 0.29) is 12.0 Å². The summed E-state index contributed by atoms with van der Waals surface area (Å²) < 4.78 is 0. The van der Waals surface area contributed by atoms with Crippen molar-refractivity contribution >= 4 is 5.78 Å². The van der Waals surface area contributed by atoms with E-state index in [0.717, 1.165) is 6.54 Å². The Kier molecular flexibility index (Phi) is 4.59. The Hall–Kier alpha value is -0.370. The van der Waals surface area contributed by atoms with Crippen LogP contribution in [0, 0.1) is 11.8 Å². The second kappa shape index (κ2) is 5.50. The zero-order valence-electron chi connectivity index (χ0n) is 9.68. The molecule has 0 aromatic carbocycles. The van der Waals surface area contributed by atoms with E-state index in [1.807, 2.05) is 13.8 Å². The number of Topliss-reactive ketones (excluding diaryl/α,β-unsaturated/α-hetero) is 1. The minimum atomic E-state index is 0.142. The van der Waals surface area contributed by atoms with Crippen molar-refractivity contribution in [2.24, 2.45) is 11.8 Å². The Balaban J connectivity index is 2.57. The first-order valence-electron chi connectivity index (χ1n) is 5.94. The van der Waals surface area contributed by atoms with Crippen molar-refractivity contribution < 1.29 is 4.79 Å². The third-order valence-corrected chi connectivity index (χ3v) is 3.12. The van der Waals surface area contributed by atoms with E-state index in [0.29, 0.717) is 11.7 Å². The largest absolute Gasteiger partial charge is 0.307 e. The summed E-state index contributed by atoms with van der Waals surface area (Å²) in [6, 6.07) is 0.142. The maximum absolute atomic E-state index is 11.9. The predicted octanol–water partition coefficient (Wildman–Crippen LogP) is 2.38. The molecule has 1 N–H and O–H groups in total. The molecule has 2 atom stereocenters. The van der Waals surface area contributed by atoms with Gasteiger partial charge in [-0.2, -0.15) is 0 Å². The molecule has 0 amide bonds. The second-order valence-electron chi connectivity index (χ2n) is 4.68. The Labute approximate surface area is 87.5 Å². The van der Waals surface area contributed by atoms with Gasteiger partial charge < -0.3 is 5.32 Å². The maximum Gasteiger partial charge on any atom is 0.152 e. The van der Waals surface area contributed by atoms with Gasteiger partial charge in [-0.15, -0.1) is 0 Å². The molecule has 1 heterocycles. The lowest BCUT2D eigenvalue weighted by Crippen LogP contribution is -2.48. The summed E-state index contributed by atoms with van der Waals surface area (Å²) >= 11 is 0. The molecule has 0 bridgehead atoms. The number of ketones is 1. The van der Waals surface area contributed by atoms with Crippen molar-refractivity contribution in [1.29, 1.82) is 0 Å². The van der Waals surface area contributed by atoms with E-state index in [4.69, 9.17) is 0 Å². The lowest BCUT2D eigenvalue weighted by atomic mass is 9.82. The lowest BCUT2D eigenvalue weighted by Gasteiger charge is -2.32. The summed E-state index contributed by atoms with van der Waals surface area (Å²) in [6.07, 6.45) is 4.83. The predicted molar refractivity (Wildman–Crippen MR) is 59.3 cm³/mol. The minimum Gasteiger partial charge on any atom is -0.307 e. The van der Waals surface area contributed by atoms with Gasteiger partial charge in [-0.25, -0.2) is 0 Å². The molecular weight excluding hydrogens is 174 g/mol. The molecule has 2 heteroatoms. The topological polar surface area (TPSA) is 29.1 Å². The first kappa shape index (κ1) is 11.7. The summed E-state index contributed by atoms with van der Waals surface area (Å²) in [5.74, 6) is 1.16. The van der Waals surface area contributed by atoms with Crippen LogP contribution in [0.25, 0.3) is 0 Å². The van der Waals surface area contributed by atoms with E-state index in [9.17, 15) is 4.79 Å². The van der Waals surface area contributed by atoms with Gasteiger partial charge in [0.25, 0.3) is 0 Å². The highest BCUT2D eigenvalue weighted by atomic mass is 16.1. The summed E-state index contributed by atoms with van der Waals surface area (Å²) in [7, 11) is 0. The monoisotopic (exact) mass is 197 g/mol. The van der Waals surface area contributed by atoms with Crippen LogP contribution in [0.1, 0.15) is 46.5 Å². The smallest absolute Gasteiger partial charge is 0.152 e. The van der Waals surface area contributed by atoms with Crippen molar-refractivity contribution in [2.45, 2.75) is 52.5 Å². The number of hydrogen-bond acceptors (Lipinski definition) is 2. The SMILES string of the molecule is CCCC1CCCNC1C(=O)C(C)C. The Morgan fingerprint density at radius 3 is 2.79 bits per heavy atom. The van der Waals surface area contributed by atoms with Crippen LogP contribution in [0.5, 0.6) is 0 Å². The van der Waals surface area contributed by atoms with Crippen LogP contribution < -0.4 is 5.32 Å². The van der Waals surface area contributed by atoms with Crippen molar-refractivity contribution in [3.8, 4) is 0 Å². The number of hydrogen-bond donors (Lipinski definition) is 1. The molecule has 0 spiro atoms. The molecule has 0 aliphatic carbocycles. The average molecular weight is 197 g/mol. The Morgan fingerprint density at radius 2 is 2.21 bits per heavy atom. The van der Waals surface area contributed by atoms with Gasteiger partial charge in [0, 0.05) is 5.92 Å². The number of nitrogens with one attached hydrogen (secondary N) is 1. The third-order valence-electron chi connectivity index (χ3n) is 3.12. The molecule has 0 radical (unpaired) electrons. The van der Waals surface area contributed by atoms with Crippen LogP contribution in [0.2, 0.25) is 0 Å². The molecule has 1 fully saturated rings. The van der Waals surface area contributed by atoms with Gasteiger partial charge in [0.2, 0.25) is 0 Å². The number of carbonyl (C=O) groups is 1. The highest BCUT2D eigenvalue weighted by Crippen LogP contribution is 2.23. The molecule has 82 valence electrons. The first-order valence-corrected chi connectivity index (χ1v) is 5.94. The van der Waals surface area contributed by atoms with Crippen molar-refractivity contribution in [3.63, 3.8) is 0 Å². The van der Waals surface area contributed by atoms with Gasteiger partial charge >= 0.3 is 0 Å². The van der Waals surface area contributed by atoms with Crippen molar-refractivity contribution in [3.05, 3.63) is 0 Å². The summed E-state index contributed by atoms with van der Waals surface area (Å²) in [4.78, 5) is 11.9. The highest BCUT2D eigenvalue weighted by molar-refractivity contribution is 5.86. The summed E-state index contributed by atoms with van der Waals surface area (Å²) in [6.45, 7) is 7.22. The van der Waals surface area contributed by atoms with E-state index in [1.165, 1.54) is 25.7 Å². The fourth-order valence-electron chi connectivity index (χ4n) is 2.33. The standard InChI is InChI=1S/C12H23NO/c1-4-6-10-7-5-8-13-11(10)12(14)9(2)3/h9-11,13H,4-8H2,1-3H3. The van der Waals surface area contributed by atoms with Crippen LogP contribution in [-0.4, -0.2) is 18.4 Å². The highest BCUT2D eigenvalue weighted by Gasteiger charge is 2.30. The molecule has 14 heavy (non-hydrogen) atoms. The molecule has 1 saturated heterocycles. The molecule has 2 unspecified atom stereocenters. The molecule has 1 aliphatic rings. The minimum absolute atomic E-state index is 0.142. The molecule has 1 aliphatic heterocycles. The van der Waals surface area contributed by atoms with Gasteiger partial charge in [-0.1, -0.05) is 27.2 Å². The lowest BCUT2D eigenvalue weighted by molar-refractivity contribution is -0.125. The zero-order chi connectivity index (χ0) is 10.6. The molecular formula is C12H23NO. The van der Waals surface area contributed by atoms with Crippen molar-refractivity contribution in [1.82, 2.24) is 5.32 Å². The quantitative estimate of drug-likeness (QED) is 0.749. The van der Waals surface area contributed by atoms with Gasteiger partial charge in [-0.3, -0.25) is 4.79 Å². The number of carbonyl (C=O) groups excluding carboxylic acids is 1. The molecule has 0 saturated carbocycles. The van der Waals surface area contributed by atoms with Crippen LogP contribution in [0.3, 0.4) is 0 Å². The van der Waals surface area contributed by atoms with Crippen LogP contribution >= 0.6 is 0 Å². The van der Waals surface area contributed by atoms with Gasteiger partial charge in [0.05, 0.1) is 6.04 Å². The zero-order valence-corrected chi connectivity index (χ0v) is 9.68. The average Bonchev–Trinajstić information content (AvgIpc) is 2.18. The molecule has 2 nitrogen and oxygen atoms in total. The molecule has 0 aromatic rings. The second-order valence-corrected chi connectivity index (χ2v) is 4.68. The van der Waals surface area contributed by atoms with Crippen LogP contribution in [-0.2, 0) is 4.79 Å². The van der Waals surface area contributed by atoms with E-state index in [1.54, 1.807) is 0 Å². The number of piperidine rings is 1. The van der Waals surface area contributed by atoms with Gasteiger partial charge in [0.15, 0.2) is 5.78 Å². The van der Waals surface area contributed by atoms with Crippen LogP contribution in [0.15, 0.2) is 0 Å². The maximum atomic E-state index is 11.9. The number of rotatable bonds is 4. The van der Waals surface area contributed by atoms with E-state index >= 15 is 0 Å². The van der Waals surface area contributed by atoms with E-state index < -0.39 is 0 Å². The van der Waals surface area contributed by atoms with Gasteiger partial charge in [-0.05, 0) is 31.7 Å². The Bertz CT molecular complexity index is 187. The summed E-state index contributed by atoms with van der Waals surface area (Å²) in [5, 5.41) is 3.39. The van der Waals surface area contributed by atoms with E-state index in [2.05, 4.69) is 12.2 Å². The van der Waals surface area contributed by atoms with Crippen molar-refractivity contribution in [2.75, 3.05) is 6.54 Å². The first-order chi connectivity index (χ1) is 6.66. The summed E-state index contributed by atoms with van der Waals surface area (Å²) in [5.41, 5.74) is 0. The Morgan fingerprint density at radius 1 is 1.50 bits per heavy atom. The third kappa shape index (κ3) is 2.81.